The molecule has 23 heavy (non-hydrogen) atoms. The minimum Gasteiger partial charge on any atom is -0.396 e. The molecule has 1 heterocycles. The molecule has 5 heteroatoms. The van der Waals surface area contributed by atoms with Crippen LogP contribution in [0.4, 0.5) is 0 Å². The second kappa shape index (κ2) is 9.28. The first-order chi connectivity index (χ1) is 11.2. The van der Waals surface area contributed by atoms with Crippen LogP contribution in [0.5, 0.6) is 0 Å². The topological polar surface area (TPSA) is 62.2 Å². The Morgan fingerprint density at radius 1 is 1.26 bits per heavy atom. The quantitative estimate of drug-likeness (QED) is 0.781. The molecule has 0 spiro atoms. The van der Waals surface area contributed by atoms with Crippen LogP contribution < -0.4 is 5.32 Å². The fraction of sp³-hybridized carbons (Fsp3) is 0.333. The number of benzene rings is 1. The van der Waals surface area contributed by atoms with E-state index in [0.29, 0.717) is 30.8 Å². The lowest BCUT2D eigenvalue weighted by Crippen LogP contribution is -2.32. The monoisotopic (exact) mass is 332 g/mol. The second-order valence-electron chi connectivity index (χ2n) is 5.51. The highest BCUT2D eigenvalue weighted by Crippen LogP contribution is 2.12. The van der Waals surface area contributed by atoms with Crippen molar-refractivity contribution in [3.63, 3.8) is 0 Å². The number of aromatic nitrogens is 1. The molecule has 0 saturated carbocycles. The van der Waals surface area contributed by atoms with Crippen molar-refractivity contribution in [1.82, 2.24) is 10.3 Å². The number of pyridine rings is 1. The average molecular weight is 333 g/mol. The van der Waals surface area contributed by atoms with Gasteiger partial charge in [-0.15, -0.1) is 0 Å². The lowest BCUT2D eigenvalue weighted by Gasteiger charge is -2.14. The van der Waals surface area contributed by atoms with Crippen LogP contribution >= 0.6 is 11.6 Å². The van der Waals surface area contributed by atoms with Gasteiger partial charge in [0.25, 0.3) is 0 Å². The van der Waals surface area contributed by atoms with Crippen LogP contribution in [0.25, 0.3) is 0 Å². The minimum absolute atomic E-state index is 0.0190. The first-order valence-corrected chi connectivity index (χ1v) is 8.07. The Morgan fingerprint density at radius 2 is 2.13 bits per heavy atom. The third-order valence-corrected chi connectivity index (χ3v) is 3.83. The average Bonchev–Trinajstić information content (AvgIpc) is 2.57. The molecular weight excluding hydrogens is 312 g/mol. The Balaban J connectivity index is 1.74. The molecule has 1 aromatic carbocycles. The van der Waals surface area contributed by atoms with Crippen molar-refractivity contribution in [3.8, 4) is 0 Å². The highest BCUT2D eigenvalue weighted by molar-refractivity contribution is 6.30. The van der Waals surface area contributed by atoms with Crippen molar-refractivity contribution in [2.24, 2.45) is 5.92 Å². The normalized spacial score (nSPS) is 11.9. The molecular formula is C18H21ClN2O2. The minimum atomic E-state index is -0.0278. The molecule has 0 aliphatic carbocycles. The largest absolute Gasteiger partial charge is 0.396 e. The molecule has 0 fully saturated rings. The van der Waals surface area contributed by atoms with E-state index in [0.717, 1.165) is 11.3 Å². The zero-order chi connectivity index (χ0) is 16.5. The summed E-state index contributed by atoms with van der Waals surface area (Å²) in [6.07, 6.45) is 3.43. The Hall–Kier alpha value is -1.91. The molecule has 4 nitrogen and oxygen atoms in total. The summed E-state index contributed by atoms with van der Waals surface area (Å²) in [5.41, 5.74) is 1.96. The van der Waals surface area contributed by atoms with E-state index in [9.17, 15) is 9.90 Å². The van der Waals surface area contributed by atoms with Crippen LogP contribution in [-0.4, -0.2) is 29.1 Å². The molecule has 2 aromatic rings. The predicted molar refractivity (Wildman–Crippen MR) is 91.3 cm³/mol. The van der Waals surface area contributed by atoms with Gasteiger partial charge < -0.3 is 10.4 Å². The van der Waals surface area contributed by atoms with Gasteiger partial charge in [-0.25, -0.2) is 0 Å². The summed E-state index contributed by atoms with van der Waals surface area (Å²) >= 11 is 5.92. The fourth-order valence-electron chi connectivity index (χ4n) is 2.31. The van der Waals surface area contributed by atoms with Gasteiger partial charge >= 0.3 is 0 Å². The van der Waals surface area contributed by atoms with Crippen molar-refractivity contribution in [2.75, 3.05) is 13.2 Å². The molecule has 2 N–H and O–H groups in total. The number of aliphatic hydroxyl groups excluding tert-OH is 1. The van der Waals surface area contributed by atoms with Gasteiger partial charge in [-0.2, -0.15) is 0 Å². The third-order valence-electron chi connectivity index (χ3n) is 3.60. The van der Waals surface area contributed by atoms with E-state index >= 15 is 0 Å². The number of rotatable bonds is 8. The number of nitrogens with one attached hydrogen (secondary N) is 1. The Labute approximate surface area is 141 Å². The second-order valence-corrected chi connectivity index (χ2v) is 5.94. The van der Waals surface area contributed by atoms with E-state index in [4.69, 9.17) is 11.6 Å². The van der Waals surface area contributed by atoms with E-state index < -0.39 is 0 Å². The van der Waals surface area contributed by atoms with Crippen molar-refractivity contribution in [1.29, 1.82) is 0 Å². The third kappa shape index (κ3) is 6.38. The number of carbonyl (C=O) groups excluding carboxylic acids is 1. The van der Waals surface area contributed by atoms with Gasteiger partial charge in [0.15, 0.2) is 0 Å². The predicted octanol–water partition coefficient (Wildman–Crippen LogP) is 2.64. The lowest BCUT2D eigenvalue weighted by atomic mass is 10.0. The summed E-state index contributed by atoms with van der Waals surface area (Å²) in [4.78, 5) is 16.2. The number of aliphatic hydroxyl groups is 1. The van der Waals surface area contributed by atoms with Gasteiger partial charge in [0.1, 0.15) is 0 Å². The number of nitrogens with zero attached hydrogens (tertiary/aromatic N) is 1. The van der Waals surface area contributed by atoms with Crippen LogP contribution in [0.3, 0.4) is 0 Å². The van der Waals surface area contributed by atoms with Gasteiger partial charge in [0.05, 0.1) is 0 Å². The summed E-state index contributed by atoms with van der Waals surface area (Å²) in [5.74, 6) is -0.0514. The van der Waals surface area contributed by atoms with Crippen molar-refractivity contribution in [2.45, 2.75) is 19.3 Å². The zero-order valence-corrected chi connectivity index (χ0v) is 13.7. The molecule has 2 rings (SSSR count). The molecule has 0 bridgehead atoms. The number of halogens is 1. The number of hydrogen-bond acceptors (Lipinski definition) is 3. The maximum atomic E-state index is 11.9. The molecule has 0 aliphatic rings. The van der Waals surface area contributed by atoms with Crippen LogP contribution in [0.15, 0.2) is 48.7 Å². The SMILES string of the molecule is O=C(CCc1cccc(Cl)c1)NCC(CO)Cc1ccccn1. The highest BCUT2D eigenvalue weighted by atomic mass is 35.5. The van der Waals surface area contributed by atoms with Crippen LogP contribution in [0, 0.1) is 5.92 Å². The summed E-state index contributed by atoms with van der Waals surface area (Å²) in [6, 6.07) is 13.2. The van der Waals surface area contributed by atoms with Gasteiger partial charge in [0, 0.05) is 42.4 Å². The molecule has 1 amide bonds. The van der Waals surface area contributed by atoms with E-state index in [1.165, 1.54) is 0 Å². The number of carbonyl (C=O) groups is 1. The van der Waals surface area contributed by atoms with Crippen molar-refractivity contribution < 1.29 is 9.90 Å². The Kier molecular flexibility index (Phi) is 7.04. The fourth-order valence-corrected chi connectivity index (χ4v) is 2.53. The number of amides is 1. The zero-order valence-electron chi connectivity index (χ0n) is 12.9. The van der Waals surface area contributed by atoms with E-state index in [1.807, 2.05) is 42.5 Å². The van der Waals surface area contributed by atoms with Crippen LogP contribution in [0.1, 0.15) is 17.7 Å². The Morgan fingerprint density at radius 3 is 2.83 bits per heavy atom. The molecule has 1 unspecified atom stereocenters. The molecule has 1 atom stereocenters. The first-order valence-electron chi connectivity index (χ1n) is 7.69. The molecule has 0 saturated heterocycles. The van der Waals surface area contributed by atoms with Gasteiger partial charge in [-0.3, -0.25) is 9.78 Å². The molecule has 0 radical (unpaired) electrons. The van der Waals surface area contributed by atoms with E-state index in [-0.39, 0.29) is 18.4 Å². The Bertz CT molecular complexity index is 619. The smallest absolute Gasteiger partial charge is 0.220 e. The molecule has 0 aliphatic heterocycles. The number of aryl methyl sites for hydroxylation is 1. The standard InChI is InChI=1S/C18H21ClN2O2/c19-16-5-3-4-14(10-16)7-8-18(23)21-12-15(13-22)11-17-6-1-2-9-20-17/h1-6,9-10,15,22H,7-8,11-13H2,(H,21,23). The molecule has 1 aromatic heterocycles. The molecule has 122 valence electrons. The van der Waals surface area contributed by atoms with Crippen molar-refractivity contribution in [3.05, 3.63) is 64.9 Å². The number of hydrogen-bond donors (Lipinski definition) is 2. The maximum Gasteiger partial charge on any atom is 0.220 e. The van der Waals surface area contributed by atoms with Crippen LogP contribution in [0.2, 0.25) is 5.02 Å². The van der Waals surface area contributed by atoms with E-state index in [2.05, 4.69) is 10.3 Å². The summed E-state index contributed by atoms with van der Waals surface area (Å²) in [7, 11) is 0. The van der Waals surface area contributed by atoms with E-state index in [1.54, 1.807) is 6.20 Å². The van der Waals surface area contributed by atoms with Gasteiger partial charge in [-0.1, -0.05) is 29.8 Å². The maximum absolute atomic E-state index is 11.9. The summed E-state index contributed by atoms with van der Waals surface area (Å²) in [5, 5.41) is 13.0. The van der Waals surface area contributed by atoms with Crippen LogP contribution in [-0.2, 0) is 17.6 Å². The van der Waals surface area contributed by atoms with Crippen molar-refractivity contribution >= 4 is 17.5 Å². The van der Waals surface area contributed by atoms with Gasteiger partial charge in [0.2, 0.25) is 5.91 Å². The highest BCUT2D eigenvalue weighted by Gasteiger charge is 2.11. The summed E-state index contributed by atoms with van der Waals surface area (Å²) in [6.45, 7) is 0.465. The lowest BCUT2D eigenvalue weighted by molar-refractivity contribution is -0.121. The van der Waals surface area contributed by atoms with Gasteiger partial charge in [-0.05, 0) is 42.7 Å². The first kappa shape index (κ1) is 17.4. The summed E-state index contributed by atoms with van der Waals surface area (Å²) < 4.78 is 0.